The third kappa shape index (κ3) is 3.78. The molecule has 4 heteroatoms. The van der Waals surface area contributed by atoms with E-state index in [0.29, 0.717) is 41.4 Å². The standard InChI is InChI=1S/C27H46O4/c1-5-6-18-22-15-17(28)11-13-27(22,4)21-12-14-26(3)19(16(2)7-10-23(29)30)8-9-20(26)24(21)25(18)31/h16-22,24-25,28,31H,5-15H2,1-4H3,(H,29,30)/t16-,17-,18-,19+,20+,21+,22+,24+,25-,26-,27-/m1/s1. The van der Waals surface area contributed by atoms with Gasteiger partial charge in [-0.15, -0.1) is 0 Å². The molecule has 4 fully saturated rings. The lowest BCUT2D eigenvalue weighted by molar-refractivity contribution is -0.204. The molecule has 0 heterocycles. The SMILES string of the molecule is CCC[C@H]1[C@@H](O)[C@@H]2[C@H](CC[C@@]3(C)[C@H]2CC[C@H]3[C@H](C)CCC(=O)O)[C@@]2(C)CC[C@@H](O)C[C@@H]12. The van der Waals surface area contributed by atoms with Gasteiger partial charge in [0.2, 0.25) is 0 Å². The van der Waals surface area contributed by atoms with E-state index in [2.05, 4.69) is 27.7 Å². The minimum absolute atomic E-state index is 0.194. The second-order valence-electron chi connectivity index (χ2n) is 12.4. The fourth-order valence-corrected chi connectivity index (χ4v) is 9.66. The van der Waals surface area contributed by atoms with Crippen LogP contribution < -0.4 is 0 Å². The highest BCUT2D eigenvalue weighted by molar-refractivity contribution is 5.66. The molecule has 4 rings (SSSR count). The Morgan fingerprint density at radius 2 is 1.68 bits per heavy atom. The summed E-state index contributed by atoms with van der Waals surface area (Å²) in [5.74, 6) is 2.60. The molecule has 178 valence electrons. The van der Waals surface area contributed by atoms with Crippen molar-refractivity contribution in [2.45, 2.75) is 111 Å². The fourth-order valence-electron chi connectivity index (χ4n) is 9.66. The van der Waals surface area contributed by atoms with Crippen LogP contribution >= 0.6 is 0 Å². The molecular weight excluding hydrogens is 388 g/mol. The number of carboxylic acid groups (broad SMARTS) is 1. The Bertz CT molecular complexity index is 664. The van der Waals surface area contributed by atoms with Crippen LogP contribution in [0.15, 0.2) is 0 Å². The Hall–Kier alpha value is -0.610. The molecule has 4 saturated carbocycles. The highest BCUT2D eigenvalue weighted by Crippen LogP contribution is 2.69. The van der Waals surface area contributed by atoms with Crippen LogP contribution in [0.25, 0.3) is 0 Å². The van der Waals surface area contributed by atoms with E-state index in [1.54, 1.807) is 0 Å². The maximum Gasteiger partial charge on any atom is 0.303 e. The molecule has 3 N–H and O–H groups in total. The van der Waals surface area contributed by atoms with E-state index in [0.717, 1.165) is 38.5 Å². The number of aliphatic hydroxyl groups is 2. The van der Waals surface area contributed by atoms with Crippen molar-refractivity contribution in [1.82, 2.24) is 0 Å². The third-order valence-corrected chi connectivity index (χ3v) is 11.1. The Kier molecular flexibility index (Phi) is 6.55. The molecule has 0 aromatic carbocycles. The van der Waals surface area contributed by atoms with Gasteiger partial charge < -0.3 is 15.3 Å². The molecule has 0 amide bonds. The summed E-state index contributed by atoms with van der Waals surface area (Å²) in [6.07, 6.45) is 10.5. The number of carbonyl (C=O) groups is 1. The summed E-state index contributed by atoms with van der Waals surface area (Å²) in [4.78, 5) is 11.2. The van der Waals surface area contributed by atoms with E-state index in [1.807, 2.05) is 0 Å². The van der Waals surface area contributed by atoms with E-state index in [1.165, 1.54) is 25.7 Å². The molecule has 0 unspecified atom stereocenters. The van der Waals surface area contributed by atoms with Crippen molar-refractivity contribution < 1.29 is 20.1 Å². The predicted octanol–water partition coefficient (Wildman–Crippen LogP) is 5.50. The zero-order chi connectivity index (χ0) is 22.6. The summed E-state index contributed by atoms with van der Waals surface area (Å²) in [6.45, 7) is 9.48. The molecule has 0 spiro atoms. The monoisotopic (exact) mass is 434 g/mol. The van der Waals surface area contributed by atoms with Gasteiger partial charge in [-0.2, -0.15) is 0 Å². The van der Waals surface area contributed by atoms with Crippen LogP contribution in [-0.4, -0.2) is 33.5 Å². The summed E-state index contributed by atoms with van der Waals surface area (Å²) in [5.41, 5.74) is 0.478. The summed E-state index contributed by atoms with van der Waals surface area (Å²) < 4.78 is 0. The number of aliphatic hydroxyl groups excluding tert-OH is 2. The first-order chi connectivity index (χ1) is 14.6. The van der Waals surface area contributed by atoms with E-state index in [9.17, 15) is 20.1 Å². The molecule has 11 atom stereocenters. The third-order valence-electron chi connectivity index (χ3n) is 11.1. The van der Waals surface area contributed by atoms with Crippen LogP contribution in [0.4, 0.5) is 0 Å². The number of hydrogen-bond acceptors (Lipinski definition) is 3. The number of carboxylic acids is 1. The summed E-state index contributed by atoms with van der Waals surface area (Å²) in [5, 5.41) is 31.5. The van der Waals surface area contributed by atoms with Crippen molar-refractivity contribution >= 4 is 5.97 Å². The molecule has 31 heavy (non-hydrogen) atoms. The molecule has 0 bridgehead atoms. The van der Waals surface area contributed by atoms with Crippen LogP contribution in [0.1, 0.15) is 98.3 Å². The number of hydrogen-bond donors (Lipinski definition) is 3. The molecule has 4 nitrogen and oxygen atoms in total. The zero-order valence-electron chi connectivity index (χ0n) is 20.2. The lowest BCUT2D eigenvalue weighted by Crippen LogP contribution is -2.62. The van der Waals surface area contributed by atoms with Crippen LogP contribution in [0.3, 0.4) is 0 Å². The molecular formula is C27H46O4. The lowest BCUT2D eigenvalue weighted by Gasteiger charge is -2.65. The minimum atomic E-state index is -0.682. The number of fused-ring (bicyclic) bond motifs is 5. The van der Waals surface area contributed by atoms with Crippen LogP contribution in [0.5, 0.6) is 0 Å². The second-order valence-corrected chi connectivity index (χ2v) is 12.4. The van der Waals surface area contributed by atoms with E-state index in [4.69, 9.17) is 0 Å². The zero-order valence-corrected chi connectivity index (χ0v) is 20.2. The molecule has 4 aliphatic rings. The van der Waals surface area contributed by atoms with Gasteiger partial charge in [0.25, 0.3) is 0 Å². The van der Waals surface area contributed by atoms with E-state index >= 15 is 0 Å². The van der Waals surface area contributed by atoms with Crippen molar-refractivity contribution in [1.29, 1.82) is 0 Å². The Morgan fingerprint density at radius 3 is 2.35 bits per heavy atom. The van der Waals surface area contributed by atoms with Crippen LogP contribution in [0, 0.1) is 52.3 Å². The number of rotatable bonds is 6. The lowest BCUT2D eigenvalue weighted by atomic mass is 9.41. The van der Waals surface area contributed by atoms with Gasteiger partial charge in [0.15, 0.2) is 0 Å². The first-order valence-corrected chi connectivity index (χ1v) is 13.2. The average Bonchev–Trinajstić information content (AvgIpc) is 3.07. The molecule has 0 radical (unpaired) electrons. The first-order valence-electron chi connectivity index (χ1n) is 13.2. The Labute approximate surface area is 189 Å². The smallest absolute Gasteiger partial charge is 0.303 e. The summed E-state index contributed by atoms with van der Waals surface area (Å²) >= 11 is 0. The van der Waals surface area contributed by atoms with E-state index in [-0.39, 0.29) is 29.5 Å². The average molecular weight is 435 g/mol. The molecule has 0 aromatic heterocycles. The van der Waals surface area contributed by atoms with Gasteiger partial charge in [0, 0.05) is 6.42 Å². The fraction of sp³-hybridized carbons (Fsp3) is 0.963. The van der Waals surface area contributed by atoms with Crippen molar-refractivity contribution in [2.75, 3.05) is 0 Å². The predicted molar refractivity (Wildman–Crippen MR) is 122 cm³/mol. The van der Waals surface area contributed by atoms with Crippen molar-refractivity contribution in [3.05, 3.63) is 0 Å². The molecule has 0 saturated heterocycles. The quantitative estimate of drug-likeness (QED) is 0.515. The van der Waals surface area contributed by atoms with Crippen molar-refractivity contribution in [3.8, 4) is 0 Å². The molecule has 4 aliphatic carbocycles. The number of aliphatic carboxylic acids is 1. The Morgan fingerprint density at radius 1 is 1.00 bits per heavy atom. The first kappa shape index (κ1) is 23.5. The normalized spacial score (nSPS) is 50.3. The van der Waals surface area contributed by atoms with Crippen LogP contribution in [0.2, 0.25) is 0 Å². The summed E-state index contributed by atoms with van der Waals surface area (Å²) in [6, 6.07) is 0. The van der Waals surface area contributed by atoms with Gasteiger partial charge >= 0.3 is 5.97 Å². The maximum atomic E-state index is 11.8. The van der Waals surface area contributed by atoms with Gasteiger partial charge in [-0.3, -0.25) is 4.79 Å². The highest BCUT2D eigenvalue weighted by Gasteiger charge is 2.64. The minimum Gasteiger partial charge on any atom is -0.481 e. The molecule has 0 aliphatic heterocycles. The maximum absolute atomic E-state index is 11.8. The Balaban J connectivity index is 1.62. The highest BCUT2D eigenvalue weighted by atomic mass is 16.4. The van der Waals surface area contributed by atoms with Crippen molar-refractivity contribution in [3.63, 3.8) is 0 Å². The van der Waals surface area contributed by atoms with Gasteiger partial charge in [0.05, 0.1) is 12.2 Å². The van der Waals surface area contributed by atoms with E-state index < -0.39 is 5.97 Å². The topological polar surface area (TPSA) is 77.8 Å². The van der Waals surface area contributed by atoms with Crippen molar-refractivity contribution in [2.24, 2.45) is 52.3 Å². The van der Waals surface area contributed by atoms with Gasteiger partial charge in [-0.1, -0.05) is 34.1 Å². The van der Waals surface area contributed by atoms with Gasteiger partial charge in [0.1, 0.15) is 0 Å². The van der Waals surface area contributed by atoms with Crippen LogP contribution in [-0.2, 0) is 4.79 Å². The summed E-state index contributed by atoms with van der Waals surface area (Å²) in [7, 11) is 0. The second kappa shape index (κ2) is 8.63. The molecule has 0 aromatic rings. The van der Waals surface area contributed by atoms with Gasteiger partial charge in [-0.05, 0) is 110 Å². The van der Waals surface area contributed by atoms with Gasteiger partial charge in [-0.25, -0.2) is 0 Å². The largest absolute Gasteiger partial charge is 0.481 e.